The van der Waals surface area contributed by atoms with Crippen LogP contribution in [0.15, 0.2) is 0 Å². The molecule has 4 N–H and O–H groups in total. The quantitative estimate of drug-likeness (QED) is 0.509. The minimum absolute atomic E-state index is 0.175. The molecule has 0 aliphatic heterocycles. The average Bonchev–Trinajstić information content (AvgIpc) is 1.87. The largest absolute Gasteiger partial charge is 0.329 e. The summed E-state index contributed by atoms with van der Waals surface area (Å²) in [5, 5.41) is 0. The molecule has 0 aromatic rings. The van der Waals surface area contributed by atoms with Crippen LogP contribution in [0.2, 0.25) is 0 Å². The van der Waals surface area contributed by atoms with Gasteiger partial charge in [0.15, 0.2) is 0 Å². The molecule has 0 saturated carbocycles. The molecular weight excluding hydrogens is 114 g/mol. The summed E-state index contributed by atoms with van der Waals surface area (Å²) in [6.07, 6.45) is 1.16. The van der Waals surface area contributed by atoms with E-state index in [-0.39, 0.29) is 6.17 Å². The Morgan fingerprint density at radius 1 is 1.56 bits per heavy atom. The third kappa shape index (κ3) is 3.46. The monoisotopic (exact) mass is 131 g/mol. The first-order valence-corrected chi connectivity index (χ1v) is 3.38. The lowest BCUT2D eigenvalue weighted by molar-refractivity contribution is 0.247. The summed E-state index contributed by atoms with van der Waals surface area (Å²) >= 11 is 0. The van der Waals surface area contributed by atoms with Crippen molar-refractivity contribution in [1.82, 2.24) is 4.90 Å². The number of hydrogen-bond acceptors (Lipinski definition) is 3. The molecule has 0 rings (SSSR count). The molecule has 0 aromatic carbocycles. The van der Waals surface area contributed by atoms with Gasteiger partial charge >= 0.3 is 0 Å². The molecule has 3 nitrogen and oxygen atoms in total. The van der Waals surface area contributed by atoms with E-state index < -0.39 is 0 Å². The Kier molecular flexibility index (Phi) is 4.67. The van der Waals surface area contributed by atoms with E-state index in [0.717, 1.165) is 13.0 Å². The fraction of sp³-hybridized carbons (Fsp3) is 1.00. The van der Waals surface area contributed by atoms with Gasteiger partial charge in [-0.3, -0.25) is 4.90 Å². The van der Waals surface area contributed by atoms with Gasteiger partial charge in [-0.25, -0.2) is 0 Å². The topological polar surface area (TPSA) is 55.3 Å². The molecule has 0 aliphatic carbocycles. The zero-order valence-electron chi connectivity index (χ0n) is 6.30. The van der Waals surface area contributed by atoms with Crippen molar-refractivity contribution in [3.05, 3.63) is 0 Å². The number of nitrogens with zero attached hydrogens (tertiary/aromatic N) is 1. The Labute approximate surface area is 57.0 Å². The highest BCUT2D eigenvalue weighted by atomic mass is 15.2. The van der Waals surface area contributed by atoms with Crippen LogP contribution in [0.25, 0.3) is 0 Å². The minimum Gasteiger partial charge on any atom is -0.329 e. The van der Waals surface area contributed by atoms with Crippen molar-refractivity contribution in [2.45, 2.75) is 19.5 Å². The molecule has 0 radical (unpaired) electrons. The van der Waals surface area contributed by atoms with Gasteiger partial charge in [-0.15, -0.1) is 0 Å². The van der Waals surface area contributed by atoms with E-state index in [4.69, 9.17) is 11.5 Å². The maximum Gasteiger partial charge on any atom is 0.0566 e. The Hall–Kier alpha value is -0.120. The van der Waals surface area contributed by atoms with E-state index in [2.05, 4.69) is 11.8 Å². The van der Waals surface area contributed by atoms with Gasteiger partial charge in [0, 0.05) is 13.1 Å². The normalized spacial score (nSPS) is 14.3. The molecule has 0 saturated heterocycles. The van der Waals surface area contributed by atoms with Crippen LogP contribution in [-0.4, -0.2) is 31.2 Å². The fourth-order valence-electron chi connectivity index (χ4n) is 0.681. The fourth-order valence-corrected chi connectivity index (χ4v) is 0.681. The molecule has 0 amide bonds. The Morgan fingerprint density at radius 3 is 2.44 bits per heavy atom. The summed E-state index contributed by atoms with van der Waals surface area (Å²) in [5.41, 5.74) is 11.0. The molecule has 0 fully saturated rings. The highest BCUT2D eigenvalue weighted by Gasteiger charge is 2.03. The molecule has 0 bridgehead atoms. The van der Waals surface area contributed by atoms with Crippen molar-refractivity contribution in [1.29, 1.82) is 0 Å². The van der Waals surface area contributed by atoms with E-state index in [1.54, 1.807) is 0 Å². The predicted octanol–water partition coefficient (Wildman–Crippen LogP) is -0.428. The SMILES string of the molecule is CCC(N)N(C)CCN. The van der Waals surface area contributed by atoms with Crippen LogP contribution < -0.4 is 11.5 Å². The van der Waals surface area contributed by atoms with Gasteiger partial charge in [-0.1, -0.05) is 6.92 Å². The van der Waals surface area contributed by atoms with Crippen LogP contribution in [0.1, 0.15) is 13.3 Å². The third-order valence-electron chi connectivity index (χ3n) is 1.47. The summed E-state index contributed by atoms with van der Waals surface area (Å²) in [5.74, 6) is 0. The van der Waals surface area contributed by atoms with E-state index in [0.29, 0.717) is 6.54 Å². The lowest BCUT2D eigenvalue weighted by Crippen LogP contribution is -2.41. The first kappa shape index (κ1) is 8.88. The van der Waals surface area contributed by atoms with Crippen molar-refractivity contribution < 1.29 is 0 Å². The first-order chi connectivity index (χ1) is 4.22. The zero-order valence-corrected chi connectivity index (χ0v) is 6.30. The van der Waals surface area contributed by atoms with Gasteiger partial charge in [0.05, 0.1) is 6.17 Å². The molecule has 0 aliphatic rings. The number of hydrogen-bond donors (Lipinski definition) is 2. The maximum absolute atomic E-state index is 5.67. The Bertz CT molecular complexity index is 65.3. The molecular formula is C6H17N3. The highest BCUT2D eigenvalue weighted by molar-refractivity contribution is 4.58. The van der Waals surface area contributed by atoms with Crippen molar-refractivity contribution in [2.24, 2.45) is 11.5 Å². The van der Waals surface area contributed by atoms with Crippen LogP contribution >= 0.6 is 0 Å². The highest BCUT2D eigenvalue weighted by Crippen LogP contribution is 1.90. The second-order valence-corrected chi connectivity index (χ2v) is 2.24. The summed E-state index contributed by atoms with van der Waals surface area (Å²) in [4.78, 5) is 2.06. The molecule has 1 unspecified atom stereocenters. The van der Waals surface area contributed by atoms with Gasteiger partial charge in [0.1, 0.15) is 0 Å². The standard InChI is InChI=1S/C6H17N3/c1-3-6(8)9(2)5-4-7/h6H,3-5,7-8H2,1-2H3. The van der Waals surface area contributed by atoms with Gasteiger partial charge in [0.2, 0.25) is 0 Å². The third-order valence-corrected chi connectivity index (χ3v) is 1.47. The van der Waals surface area contributed by atoms with Crippen LogP contribution in [0, 0.1) is 0 Å². The number of nitrogens with two attached hydrogens (primary N) is 2. The molecule has 56 valence electrons. The second-order valence-electron chi connectivity index (χ2n) is 2.24. The zero-order chi connectivity index (χ0) is 7.28. The summed E-state index contributed by atoms with van der Waals surface area (Å²) in [6, 6.07) is 0. The molecule has 0 aromatic heterocycles. The molecule has 0 spiro atoms. The van der Waals surface area contributed by atoms with Crippen LogP contribution in [0.5, 0.6) is 0 Å². The van der Waals surface area contributed by atoms with E-state index in [9.17, 15) is 0 Å². The van der Waals surface area contributed by atoms with Crippen LogP contribution in [0.3, 0.4) is 0 Å². The lowest BCUT2D eigenvalue weighted by atomic mass is 10.3. The van der Waals surface area contributed by atoms with Gasteiger partial charge in [-0.2, -0.15) is 0 Å². The molecule has 1 atom stereocenters. The smallest absolute Gasteiger partial charge is 0.0566 e. The average molecular weight is 131 g/mol. The molecule has 9 heavy (non-hydrogen) atoms. The van der Waals surface area contributed by atoms with Crippen LogP contribution in [0.4, 0.5) is 0 Å². The predicted molar refractivity (Wildman–Crippen MR) is 40.0 cm³/mol. The Morgan fingerprint density at radius 2 is 2.11 bits per heavy atom. The summed E-state index contributed by atoms with van der Waals surface area (Å²) in [7, 11) is 1.99. The van der Waals surface area contributed by atoms with E-state index >= 15 is 0 Å². The lowest BCUT2D eigenvalue weighted by Gasteiger charge is -2.21. The second kappa shape index (κ2) is 4.73. The molecule has 3 heteroatoms. The summed E-state index contributed by atoms with van der Waals surface area (Å²) < 4.78 is 0. The van der Waals surface area contributed by atoms with Gasteiger partial charge in [0.25, 0.3) is 0 Å². The van der Waals surface area contributed by atoms with Crippen molar-refractivity contribution in [3.8, 4) is 0 Å². The van der Waals surface area contributed by atoms with E-state index in [1.165, 1.54) is 0 Å². The van der Waals surface area contributed by atoms with Crippen LogP contribution in [-0.2, 0) is 0 Å². The van der Waals surface area contributed by atoms with Crippen molar-refractivity contribution in [2.75, 3.05) is 20.1 Å². The minimum atomic E-state index is 0.175. The van der Waals surface area contributed by atoms with Gasteiger partial charge in [-0.05, 0) is 13.5 Å². The summed E-state index contributed by atoms with van der Waals surface area (Å²) in [6.45, 7) is 3.64. The van der Waals surface area contributed by atoms with E-state index in [1.807, 2.05) is 7.05 Å². The molecule has 0 heterocycles. The van der Waals surface area contributed by atoms with Gasteiger partial charge < -0.3 is 11.5 Å². The number of likely N-dealkylation sites (N-methyl/N-ethyl adjacent to an activating group) is 1. The first-order valence-electron chi connectivity index (χ1n) is 3.38. The van der Waals surface area contributed by atoms with Crippen molar-refractivity contribution >= 4 is 0 Å². The number of rotatable bonds is 4. The van der Waals surface area contributed by atoms with Crippen molar-refractivity contribution in [3.63, 3.8) is 0 Å². The Balaban J connectivity index is 3.32. The maximum atomic E-state index is 5.67.